The van der Waals surface area contributed by atoms with E-state index in [0.717, 1.165) is 38.5 Å². The van der Waals surface area contributed by atoms with Gasteiger partial charge in [0.1, 0.15) is 0 Å². The fourth-order valence-corrected chi connectivity index (χ4v) is 2.38. The Morgan fingerprint density at radius 3 is 2.53 bits per heavy atom. The second-order valence-corrected chi connectivity index (χ2v) is 4.76. The standard InChI is InChI=1S/C10H23BN2O2/c12-9-5-4-8(7-9)10(13)3-1-2-6-11(14)15/h8-10,14-15H,1-7,12-13H2/t8?,9-,10-/m1/s1. The molecule has 0 spiro atoms. The van der Waals surface area contributed by atoms with Crippen LogP contribution < -0.4 is 11.5 Å². The van der Waals surface area contributed by atoms with E-state index >= 15 is 0 Å². The van der Waals surface area contributed by atoms with E-state index in [2.05, 4.69) is 0 Å². The highest BCUT2D eigenvalue weighted by molar-refractivity contribution is 6.40. The maximum atomic E-state index is 8.67. The lowest BCUT2D eigenvalue weighted by atomic mass is 9.82. The summed E-state index contributed by atoms with van der Waals surface area (Å²) in [5.41, 5.74) is 11.9. The fourth-order valence-electron chi connectivity index (χ4n) is 2.38. The van der Waals surface area contributed by atoms with Crippen molar-refractivity contribution in [2.45, 2.75) is 56.9 Å². The summed E-state index contributed by atoms with van der Waals surface area (Å²) < 4.78 is 0. The van der Waals surface area contributed by atoms with Gasteiger partial charge in [-0.3, -0.25) is 0 Å². The molecule has 1 aliphatic rings. The summed E-state index contributed by atoms with van der Waals surface area (Å²) in [7, 11) is -1.17. The van der Waals surface area contributed by atoms with Crippen molar-refractivity contribution in [2.75, 3.05) is 0 Å². The molecule has 1 fully saturated rings. The molecular weight excluding hydrogens is 191 g/mol. The smallest absolute Gasteiger partial charge is 0.427 e. The van der Waals surface area contributed by atoms with Crippen LogP contribution in [0.2, 0.25) is 6.32 Å². The topological polar surface area (TPSA) is 92.5 Å². The van der Waals surface area contributed by atoms with E-state index in [1.807, 2.05) is 0 Å². The molecule has 1 unspecified atom stereocenters. The Morgan fingerprint density at radius 2 is 2.00 bits per heavy atom. The first kappa shape index (κ1) is 13.0. The van der Waals surface area contributed by atoms with Gasteiger partial charge < -0.3 is 21.5 Å². The van der Waals surface area contributed by atoms with Crippen LogP contribution in [0.15, 0.2) is 0 Å². The monoisotopic (exact) mass is 214 g/mol. The van der Waals surface area contributed by atoms with Crippen molar-refractivity contribution in [3.05, 3.63) is 0 Å². The zero-order valence-electron chi connectivity index (χ0n) is 9.31. The molecule has 0 heterocycles. The van der Waals surface area contributed by atoms with Gasteiger partial charge in [0.25, 0.3) is 0 Å². The zero-order chi connectivity index (χ0) is 11.3. The Bertz CT molecular complexity index is 181. The fraction of sp³-hybridized carbons (Fsp3) is 1.00. The van der Waals surface area contributed by atoms with Gasteiger partial charge in [-0.2, -0.15) is 0 Å². The van der Waals surface area contributed by atoms with Gasteiger partial charge in [-0.25, -0.2) is 0 Å². The number of hydrogen-bond donors (Lipinski definition) is 4. The van der Waals surface area contributed by atoms with Crippen LogP contribution in [0.5, 0.6) is 0 Å². The number of rotatable bonds is 6. The van der Waals surface area contributed by atoms with Gasteiger partial charge in [0.15, 0.2) is 0 Å². The maximum absolute atomic E-state index is 8.67. The van der Waals surface area contributed by atoms with Crippen molar-refractivity contribution in [1.29, 1.82) is 0 Å². The number of unbranched alkanes of at least 4 members (excludes halogenated alkanes) is 1. The third kappa shape index (κ3) is 4.97. The Labute approximate surface area is 92.2 Å². The van der Waals surface area contributed by atoms with Crippen molar-refractivity contribution in [3.63, 3.8) is 0 Å². The Kier molecular flexibility index (Phi) is 5.60. The first-order valence-electron chi connectivity index (χ1n) is 5.97. The van der Waals surface area contributed by atoms with Gasteiger partial charge in [0.2, 0.25) is 0 Å². The first-order chi connectivity index (χ1) is 7.09. The molecule has 15 heavy (non-hydrogen) atoms. The van der Waals surface area contributed by atoms with Gasteiger partial charge in [-0.05, 0) is 37.9 Å². The van der Waals surface area contributed by atoms with Crippen LogP contribution >= 0.6 is 0 Å². The normalized spacial score (nSPS) is 28.0. The molecule has 6 N–H and O–H groups in total. The van der Waals surface area contributed by atoms with Crippen molar-refractivity contribution in [3.8, 4) is 0 Å². The summed E-state index contributed by atoms with van der Waals surface area (Å²) in [5.74, 6) is 0.582. The Morgan fingerprint density at radius 1 is 1.27 bits per heavy atom. The van der Waals surface area contributed by atoms with Gasteiger partial charge in [-0.15, -0.1) is 0 Å². The van der Waals surface area contributed by atoms with E-state index in [0.29, 0.717) is 18.3 Å². The van der Waals surface area contributed by atoms with Crippen molar-refractivity contribution in [2.24, 2.45) is 17.4 Å². The van der Waals surface area contributed by atoms with Crippen LogP contribution in [0, 0.1) is 5.92 Å². The highest BCUT2D eigenvalue weighted by Crippen LogP contribution is 2.28. The lowest BCUT2D eigenvalue weighted by molar-refractivity contribution is 0.383. The van der Waals surface area contributed by atoms with Crippen molar-refractivity contribution < 1.29 is 10.0 Å². The van der Waals surface area contributed by atoms with E-state index in [4.69, 9.17) is 21.5 Å². The summed E-state index contributed by atoms with van der Waals surface area (Å²) in [6, 6.07) is 0.592. The lowest BCUT2D eigenvalue weighted by Crippen LogP contribution is -2.29. The average molecular weight is 214 g/mol. The van der Waals surface area contributed by atoms with Gasteiger partial charge in [-0.1, -0.05) is 12.8 Å². The molecule has 0 amide bonds. The molecule has 0 aliphatic heterocycles. The largest absolute Gasteiger partial charge is 0.451 e. The summed E-state index contributed by atoms with van der Waals surface area (Å²) in [6.45, 7) is 0. The van der Waals surface area contributed by atoms with Gasteiger partial charge >= 0.3 is 7.12 Å². The van der Waals surface area contributed by atoms with E-state index in [9.17, 15) is 0 Å². The van der Waals surface area contributed by atoms with Crippen LogP contribution in [-0.2, 0) is 0 Å². The van der Waals surface area contributed by atoms with Crippen molar-refractivity contribution in [1.82, 2.24) is 0 Å². The minimum Gasteiger partial charge on any atom is -0.427 e. The molecule has 0 aromatic heterocycles. The Hall–Kier alpha value is -0.0951. The zero-order valence-corrected chi connectivity index (χ0v) is 9.31. The van der Waals surface area contributed by atoms with Gasteiger partial charge in [0, 0.05) is 12.1 Å². The SMILES string of the molecule is N[C@@H]1CCC([C@H](N)CCCCB(O)O)C1. The van der Waals surface area contributed by atoms with Crippen LogP contribution in [0.3, 0.4) is 0 Å². The van der Waals surface area contributed by atoms with E-state index in [1.165, 1.54) is 0 Å². The number of hydrogen-bond acceptors (Lipinski definition) is 4. The summed E-state index contributed by atoms with van der Waals surface area (Å²) >= 11 is 0. The lowest BCUT2D eigenvalue weighted by Gasteiger charge is -2.18. The molecule has 0 bridgehead atoms. The van der Waals surface area contributed by atoms with E-state index in [1.54, 1.807) is 0 Å². The molecular formula is C10H23BN2O2. The highest BCUT2D eigenvalue weighted by atomic mass is 16.4. The predicted octanol–water partition coefficient (Wildman–Crippen LogP) is 0.0842. The minimum absolute atomic E-state index is 0.245. The van der Waals surface area contributed by atoms with Crippen LogP contribution in [0.25, 0.3) is 0 Å². The summed E-state index contributed by atoms with van der Waals surface area (Å²) in [6.07, 6.45) is 6.57. The molecule has 3 atom stereocenters. The summed E-state index contributed by atoms with van der Waals surface area (Å²) in [4.78, 5) is 0. The van der Waals surface area contributed by atoms with Gasteiger partial charge in [0.05, 0.1) is 0 Å². The minimum atomic E-state index is -1.17. The Balaban J connectivity index is 2.05. The quantitative estimate of drug-likeness (QED) is 0.372. The molecule has 1 rings (SSSR count). The van der Waals surface area contributed by atoms with Crippen molar-refractivity contribution >= 4 is 7.12 Å². The third-order valence-electron chi connectivity index (χ3n) is 3.37. The highest BCUT2D eigenvalue weighted by Gasteiger charge is 2.26. The number of nitrogens with two attached hydrogens (primary N) is 2. The molecule has 0 saturated heterocycles. The molecule has 0 aromatic carbocycles. The summed E-state index contributed by atoms with van der Waals surface area (Å²) in [5, 5.41) is 17.3. The van der Waals surface area contributed by atoms with Crippen LogP contribution in [0.4, 0.5) is 0 Å². The predicted molar refractivity (Wildman–Crippen MR) is 62.1 cm³/mol. The molecule has 4 nitrogen and oxygen atoms in total. The molecule has 88 valence electrons. The second-order valence-electron chi connectivity index (χ2n) is 4.76. The van der Waals surface area contributed by atoms with E-state index in [-0.39, 0.29) is 6.04 Å². The van der Waals surface area contributed by atoms with E-state index < -0.39 is 7.12 Å². The molecule has 0 aromatic rings. The molecule has 5 heteroatoms. The maximum Gasteiger partial charge on any atom is 0.451 e. The molecule has 0 radical (unpaired) electrons. The molecule has 1 aliphatic carbocycles. The molecule has 1 saturated carbocycles. The first-order valence-corrected chi connectivity index (χ1v) is 5.97. The average Bonchev–Trinajstić information content (AvgIpc) is 2.59. The second kappa shape index (κ2) is 6.48. The van der Waals surface area contributed by atoms with Crippen LogP contribution in [0.1, 0.15) is 38.5 Å². The third-order valence-corrected chi connectivity index (χ3v) is 3.37. The van der Waals surface area contributed by atoms with Crippen LogP contribution in [-0.4, -0.2) is 29.3 Å².